The van der Waals surface area contributed by atoms with E-state index in [1.807, 2.05) is 0 Å². The largest absolute Gasteiger partial charge is 0.335 e. The molecule has 1 aromatic rings. The molecule has 2 amide bonds. The third-order valence-corrected chi connectivity index (χ3v) is 3.67. The summed E-state index contributed by atoms with van der Waals surface area (Å²) >= 11 is 5.86. The van der Waals surface area contributed by atoms with Gasteiger partial charge in [-0.3, -0.25) is 0 Å². The predicted octanol–water partition coefficient (Wildman–Crippen LogP) is 1.27. The minimum atomic E-state index is -3.82. The summed E-state index contributed by atoms with van der Waals surface area (Å²) in [5.74, 6) is 0. The Bertz CT molecular complexity index is 584. The maximum Gasteiger partial charge on any atom is 0.319 e. The Morgan fingerprint density at radius 3 is 2.61 bits per heavy atom. The average Bonchev–Trinajstić information content (AvgIpc) is 3.03. The summed E-state index contributed by atoms with van der Waals surface area (Å²) in [5, 5.41) is 10.4. The number of urea groups is 1. The molecule has 1 aliphatic carbocycles. The van der Waals surface area contributed by atoms with Crippen molar-refractivity contribution in [2.45, 2.75) is 23.8 Å². The highest BCUT2D eigenvalue weighted by Gasteiger charge is 2.23. The highest BCUT2D eigenvalue weighted by atomic mass is 35.5. The highest BCUT2D eigenvalue weighted by Crippen LogP contribution is 2.25. The first-order valence-electron chi connectivity index (χ1n) is 5.26. The number of carbonyl (C=O) groups is 1. The van der Waals surface area contributed by atoms with Gasteiger partial charge in [0.05, 0.1) is 15.6 Å². The number of benzene rings is 1. The molecule has 0 heterocycles. The van der Waals surface area contributed by atoms with Crippen molar-refractivity contribution < 1.29 is 13.2 Å². The third kappa shape index (κ3) is 3.34. The van der Waals surface area contributed by atoms with Crippen molar-refractivity contribution in [1.82, 2.24) is 5.32 Å². The molecule has 0 saturated heterocycles. The second kappa shape index (κ2) is 4.75. The zero-order chi connectivity index (χ0) is 13.3. The van der Waals surface area contributed by atoms with E-state index in [-0.39, 0.29) is 21.6 Å². The van der Waals surface area contributed by atoms with Crippen LogP contribution >= 0.6 is 11.6 Å². The lowest BCUT2D eigenvalue weighted by Gasteiger charge is -2.09. The van der Waals surface area contributed by atoms with Crippen LogP contribution < -0.4 is 15.8 Å². The van der Waals surface area contributed by atoms with E-state index in [0.29, 0.717) is 0 Å². The number of halogens is 1. The Kier molecular flexibility index (Phi) is 3.47. The SMILES string of the molecule is NS(=O)(=O)c1ccc(Cl)c(NC(=O)NC2CC2)c1. The van der Waals surface area contributed by atoms with Crippen LogP contribution in [0.2, 0.25) is 5.02 Å². The summed E-state index contributed by atoms with van der Waals surface area (Å²) in [7, 11) is -3.82. The van der Waals surface area contributed by atoms with Crippen molar-refractivity contribution in [3.8, 4) is 0 Å². The zero-order valence-corrected chi connectivity index (χ0v) is 10.9. The van der Waals surface area contributed by atoms with Crippen molar-refractivity contribution in [2.75, 3.05) is 5.32 Å². The van der Waals surface area contributed by atoms with Crippen molar-refractivity contribution in [1.29, 1.82) is 0 Å². The number of hydrogen-bond acceptors (Lipinski definition) is 3. The first-order chi connectivity index (χ1) is 8.36. The number of carbonyl (C=O) groups excluding carboxylic acids is 1. The summed E-state index contributed by atoms with van der Waals surface area (Å²) in [4.78, 5) is 11.4. The molecule has 1 fully saturated rings. The second-order valence-corrected chi connectivity index (χ2v) is 6.03. The molecule has 0 unspecified atom stereocenters. The summed E-state index contributed by atoms with van der Waals surface area (Å²) in [6.07, 6.45) is 1.91. The molecule has 1 aromatic carbocycles. The maximum atomic E-state index is 11.5. The standard InChI is InChI=1S/C10H12ClN3O3S/c11-8-4-3-7(18(12,16)17)5-9(8)14-10(15)13-6-1-2-6/h3-6H,1-2H2,(H2,12,16,17)(H2,13,14,15). The van der Waals surface area contributed by atoms with Crippen molar-refractivity contribution in [3.05, 3.63) is 23.2 Å². The molecule has 1 saturated carbocycles. The normalized spacial score (nSPS) is 15.2. The molecule has 6 nitrogen and oxygen atoms in total. The van der Waals surface area contributed by atoms with Crippen LogP contribution in [0, 0.1) is 0 Å². The quantitative estimate of drug-likeness (QED) is 0.781. The van der Waals surface area contributed by atoms with Gasteiger partial charge in [0, 0.05) is 6.04 Å². The summed E-state index contributed by atoms with van der Waals surface area (Å²) in [6.45, 7) is 0. The Labute approximate surface area is 110 Å². The number of anilines is 1. The van der Waals surface area contributed by atoms with E-state index in [1.54, 1.807) is 0 Å². The number of sulfonamides is 1. The number of hydrogen-bond donors (Lipinski definition) is 3. The van der Waals surface area contributed by atoms with E-state index >= 15 is 0 Å². The third-order valence-electron chi connectivity index (χ3n) is 2.43. The van der Waals surface area contributed by atoms with Gasteiger partial charge in [-0.1, -0.05) is 11.6 Å². The van der Waals surface area contributed by atoms with Gasteiger partial charge in [0.15, 0.2) is 0 Å². The van der Waals surface area contributed by atoms with Crippen molar-refractivity contribution >= 4 is 33.3 Å². The molecule has 0 aliphatic heterocycles. The van der Waals surface area contributed by atoms with Crippen LogP contribution in [0.3, 0.4) is 0 Å². The fourth-order valence-electron chi connectivity index (χ4n) is 1.35. The van der Waals surface area contributed by atoms with Gasteiger partial charge in [-0.05, 0) is 31.0 Å². The van der Waals surface area contributed by atoms with Crippen LogP contribution in [0.5, 0.6) is 0 Å². The minimum absolute atomic E-state index is 0.103. The summed E-state index contributed by atoms with van der Waals surface area (Å²) in [5.41, 5.74) is 0.210. The van der Waals surface area contributed by atoms with Crippen LogP contribution in [0.15, 0.2) is 23.1 Å². The van der Waals surface area contributed by atoms with Crippen LogP contribution in [0.25, 0.3) is 0 Å². The zero-order valence-electron chi connectivity index (χ0n) is 9.31. The average molecular weight is 290 g/mol. The van der Waals surface area contributed by atoms with Crippen LogP contribution in [0.1, 0.15) is 12.8 Å². The van der Waals surface area contributed by atoms with Gasteiger partial charge >= 0.3 is 6.03 Å². The topological polar surface area (TPSA) is 101 Å². The lowest BCUT2D eigenvalue weighted by atomic mass is 10.3. The molecule has 8 heteroatoms. The van der Waals surface area contributed by atoms with Gasteiger partial charge in [-0.15, -0.1) is 0 Å². The first kappa shape index (κ1) is 13.1. The van der Waals surface area contributed by atoms with E-state index < -0.39 is 16.1 Å². The van der Waals surface area contributed by atoms with Gasteiger partial charge in [0.2, 0.25) is 10.0 Å². The molecule has 0 radical (unpaired) electrons. The number of primary sulfonamides is 1. The molecule has 98 valence electrons. The van der Waals surface area contributed by atoms with Gasteiger partial charge in [-0.25, -0.2) is 18.4 Å². The number of rotatable bonds is 3. The smallest absolute Gasteiger partial charge is 0.319 e. The number of nitrogens with one attached hydrogen (secondary N) is 2. The summed E-state index contributed by atoms with van der Waals surface area (Å²) < 4.78 is 22.4. The molecule has 18 heavy (non-hydrogen) atoms. The molecule has 0 aromatic heterocycles. The van der Waals surface area contributed by atoms with Gasteiger partial charge < -0.3 is 10.6 Å². The van der Waals surface area contributed by atoms with Crippen LogP contribution in [-0.4, -0.2) is 20.5 Å². The number of amides is 2. The molecular formula is C10H12ClN3O3S. The molecule has 0 spiro atoms. The molecule has 1 aliphatic rings. The highest BCUT2D eigenvalue weighted by molar-refractivity contribution is 7.89. The molecule has 0 bridgehead atoms. The van der Waals surface area contributed by atoms with E-state index in [4.69, 9.17) is 16.7 Å². The first-order valence-corrected chi connectivity index (χ1v) is 7.18. The van der Waals surface area contributed by atoms with Crippen molar-refractivity contribution in [2.24, 2.45) is 5.14 Å². The molecule has 0 atom stereocenters. The fourth-order valence-corrected chi connectivity index (χ4v) is 2.05. The second-order valence-electron chi connectivity index (χ2n) is 4.06. The molecular weight excluding hydrogens is 278 g/mol. The lowest BCUT2D eigenvalue weighted by molar-refractivity contribution is 0.251. The Hall–Kier alpha value is -1.31. The van der Waals surface area contributed by atoms with E-state index in [9.17, 15) is 13.2 Å². The van der Waals surface area contributed by atoms with Gasteiger partial charge in [-0.2, -0.15) is 0 Å². The Morgan fingerprint density at radius 1 is 1.39 bits per heavy atom. The van der Waals surface area contributed by atoms with E-state index in [0.717, 1.165) is 12.8 Å². The monoisotopic (exact) mass is 289 g/mol. The van der Waals surface area contributed by atoms with Gasteiger partial charge in [0.25, 0.3) is 0 Å². The maximum absolute atomic E-state index is 11.5. The van der Waals surface area contributed by atoms with Crippen LogP contribution in [0.4, 0.5) is 10.5 Å². The van der Waals surface area contributed by atoms with Crippen molar-refractivity contribution in [3.63, 3.8) is 0 Å². The predicted molar refractivity (Wildman–Crippen MR) is 68.0 cm³/mol. The van der Waals surface area contributed by atoms with Gasteiger partial charge in [0.1, 0.15) is 0 Å². The molecule has 2 rings (SSSR count). The Balaban J connectivity index is 2.17. The Morgan fingerprint density at radius 2 is 2.06 bits per heavy atom. The number of nitrogens with two attached hydrogens (primary N) is 1. The summed E-state index contributed by atoms with van der Waals surface area (Å²) in [6, 6.07) is 3.66. The fraction of sp³-hybridized carbons (Fsp3) is 0.300. The van der Waals surface area contributed by atoms with E-state index in [1.165, 1.54) is 18.2 Å². The minimum Gasteiger partial charge on any atom is -0.335 e. The lowest BCUT2D eigenvalue weighted by Crippen LogP contribution is -2.30. The van der Waals surface area contributed by atoms with E-state index in [2.05, 4.69) is 10.6 Å². The van der Waals surface area contributed by atoms with Crippen LogP contribution in [-0.2, 0) is 10.0 Å². The molecule has 4 N–H and O–H groups in total.